The van der Waals surface area contributed by atoms with Gasteiger partial charge in [0.05, 0.1) is 30.8 Å². The average molecular weight is 422 g/mol. The summed E-state index contributed by atoms with van der Waals surface area (Å²) in [5, 5.41) is 14.2. The number of hydrogen-bond donors (Lipinski definition) is 1. The number of carbonyl (C=O) groups is 1. The molecule has 0 aliphatic heterocycles. The van der Waals surface area contributed by atoms with Crippen LogP contribution in [0.4, 0.5) is 5.69 Å². The van der Waals surface area contributed by atoms with Crippen molar-refractivity contribution in [2.24, 2.45) is 0 Å². The molecule has 0 radical (unpaired) electrons. The van der Waals surface area contributed by atoms with Crippen molar-refractivity contribution >= 4 is 11.6 Å². The number of methoxy groups -OCH3 is 2. The SMILES string of the molecule is COc1cc(CCNC(=O)c2ccccc2Oc2ccccc2)c([N+](=O)[O-])cc1OC. The number of hydrogen-bond acceptors (Lipinski definition) is 6. The summed E-state index contributed by atoms with van der Waals surface area (Å²) in [4.78, 5) is 23.7. The highest BCUT2D eigenvalue weighted by Gasteiger charge is 2.20. The van der Waals surface area contributed by atoms with Crippen molar-refractivity contribution < 1.29 is 23.9 Å². The topological polar surface area (TPSA) is 99.9 Å². The largest absolute Gasteiger partial charge is 0.493 e. The molecule has 0 aliphatic rings. The summed E-state index contributed by atoms with van der Waals surface area (Å²) in [6.07, 6.45) is 0.240. The number of nitrogens with zero attached hydrogens (tertiary/aromatic N) is 1. The van der Waals surface area contributed by atoms with E-state index < -0.39 is 4.92 Å². The Morgan fingerprint density at radius 1 is 0.935 bits per heavy atom. The van der Waals surface area contributed by atoms with E-state index in [4.69, 9.17) is 14.2 Å². The Kier molecular flexibility index (Phi) is 7.05. The maximum Gasteiger partial charge on any atom is 0.276 e. The highest BCUT2D eigenvalue weighted by Crippen LogP contribution is 2.34. The Morgan fingerprint density at radius 3 is 2.26 bits per heavy atom. The first-order valence-electron chi connectivity index (χ1n) is 9.53. The van der Waals surface area contributed by atoms with Crippen LogP contribution in [-0.2, 0) is 6.42 Å². The molecule has 8 nitrogen and oxygen atoms in total. The first-order chi connectivity index (χ1) is 15.0. The smallest absolute Gasteiger partial charge is 0.276 e. The van der Waals surface area contributed by atoms with Crippen LogP contribution in [-0.4, -0.2) is 31.6 Å². The molecule has 3 aromatic rings. The van der Waals surface area contributed by atoms with Crippen LogP contribution >= 0.6 is 0 Å². The lowest BCUT2D eigenvalue weighted by Gasteiger charge is -2.12. The number of amides is 1. The lowest BCUT2D eigenvalue weighted by atomic mass is 10.1. The number of ether oxygens (including phenoxy) is 3. The molecule has 0 unspecified atom stereocenters. The zero-order valence-electron chi connectivity index (χ0n) is 17.2. The molecule has 1 N–H and O–H groups in total. The fraction of sp³-hybridized carbons (Fsp3) is 0.174. The molecule has 0 aliphatic carbocycles. The number of nitro groups is 1. The van der Waals surface area contributed by atoms with E-state index in [9.17, 15) is 14.9 Å². The van der Waals surface area contributed by atoms with Crippen LogP contribution in [0.25, 0.3) is 0 Å². The monoisotopic (exact) mass is 422 g/mol. The van der Waals surface area contributed by atoms with E-state index in [0.29, 0.717) is 28.4 Å². The molecule has 0 spiro atoms. The van der Waals surface area contributed by atoms with Crippen molar-refractivity contribution in [3.63, 3.8) is 0 Å². The summed E-state index contributed by atoms with van der Waals surface area (Å²) in [7, 11) is 2.87. The van der Waals surface area contributed by atoms with Crippen LogP contribution in [0.15, 0.2) is 66.7 Å². The Hall–Kier alpha value is -4.07. The number of nitro benzene ring substituents is 1. The predicted octanol–water partition coefficient (Wildman–Crippen LogP) is 4.38. The molecular formula is C23H22N2O6. The molecule has 160 valence electrons. The van der Waals surface area contributed by atoms with Gasteiger partial charge >= 0.3 is 0 Å². The van der Waals surface area contributed by atoms with Gasteiger partial charge in [-0.1, -0.05) is 30.3 Å². The zero-order chi connectivity index (χ0) is 22.2. The van der Waals surface area contributed by atoms with Crippen LogP contribution in [0.2, 0.25) is 0 Å². The lowest BCUT2D eigenvalue weighted by Crippen LogP contribution is -2.26. The highest BCUT2D eigenvalue weighted by atomic mass is 16.6. The summed E-state index contributed by atoms with van der Waals surface area (Å²) in [6.45, 7) is 0.189. The minimum Gasteiger partial charge on any atom is -0.493 e. The van der Waals surface area contributed by atoms with Crippen molar-refractivity contribution in [2.75, 3.05) is 20.8 Å². The molecule has 0 saturated carbocycles. The quantitative estimate of drug-likeness (QED) is 0.406. The fourth-order valence-corrected chi connectivity index (χ4v) is 3.05. The molecule has 0 atom stereocenters. The maximum absolute atomic E-state index is 12.7. The van der Waals surface area contributed by atoms with Crippen molar-refractivity contribution in [2.45, 2.75) is 6.42 Å². The van der Waals surface area contributed by atoms with E-state index in [-0.39, 0.29) is 30.3 Å². The molecule has 0 saturated heterocycles. The van der Waals surface area contributed by atoms with E-state index in [0.717, 1.165) is 0 Å². The number of nitrogens with one attached hydrogen (secondary N) is 1. The Bertz CT molecular complexity index is 1070. The number of rotatable bonds is 9. The second kappa shape index (κ2) is 10.1. The number of para-hydroxylation sites is 2. The molecule has 0 heterocycles. The normalized spacial score (nSPS) is 10.3. The van der Waals surface area contributed by atoms with Gasteiger partial charge in [-0.25, -0.2) is 0 Å². The Morgan fingerprint density at radius 2 is 1.58 bits per heavy atom. The van der Waals surface area contributed by atoms with Crippen LogP contribution in [0.3, 0.4) is 0 Å². The van der Waals surface area contributed by atoms with Gasteiger partial charge < -0.3 is 19.5 Å². The minimum atomic E-state index is -0.484. The summed E-state index contributed by atoms with van der Waals surface area (Å²) >= 11 is 0. The molecule has 8 heteroatoms. The Labute approximate surface area is 179 Å². The van der Waals surface area contributed by atoms with Crippen LogP contribution in [0, 0.1) is 10.1 Å². The van der Waals surface area contributed by atoms with Gasteiger partial charge in [-0.2, -0.15) is 0 Å². The van der Waals surface area contributed by atoms with Crippen molar-refractivity contribution in [1.82, 2.24) is 5.32 Å². The number of benzene rings is 3. The third kappa shape index (κ3) is 5.30. The van der Waals surface area contributed by atoms with E-state index in [1.54, 1.807) is 42.5 Å². The molecular weight excluding hydrogens is 400 g/mol. The number of carbonyl (C=O) groups excluding carboxylic acids is 1. The second-order valence-electron chi connectivity index (χ2n) is 6.51. The molecule has 0 fully saturated rings. The van der Waals surface area contributed by atoms with Gasteiger partial charge in [-0.05, 0) is 36.8 Å². The van der Waals surface area contributed by atoms with Crippen LogP contribution in [0.5, 0.6) is 23.0 Å². The van der Waals surface area contributed by atoms with Gasteiger partial charge in [0.2, 0.25) is 0 Å². The molecule has 1 amide bonds. The molecule has 3 aromatic carbocycles. The van der Waals surface area contributed by atoms with Gasteiger partial charge in [0.1, 0.15) is 11.5 Å². The summed E-state index contributed by atoms with van der Waals surface area (Å²) in [5.74, 6) is 1.35. The third-order valence-electron chi connectivity index (χ3n) is 4.56. The molecule has 31 heavy (non-hydrogen) atoms. The average Bonchev–Trinajstić information content (AvgIpc) is 2.79. The summed E-state index contributed by atoms with van der Waals surface area (Å²) < 4.78 is 16.2. The second-order valence-corrected chi connectivity index (χ2v) is 6.51. The summed E-state index contributed by atoms with van der Waals surface area (Å²) in [5.41, 5.74) is 0.699. The van der Waals surface area contributed by atoms with Crippen molar-refractivity contribution in [1.29, 1.82) is 0 Å². The molecule has 0 bridgehead atoms. The predicted molar refractivity (Wildman–Crippen MR) is 115 cm³/mol. The maximum atomic E-state index is 12.7. The van der Waals surface area contributed by atoms with E-state index in [1.165, 1.54) is 20.3 Å². The van der Waals surface area contributed by atoms with Gasteiger partial charge in [0.15, 0.2) is 11.5 Å². The van der Waals surface area contributed by atoms with Crippen LogP contribution in [0.1, 0.15) is 15.9 Å². The van der Waals surface area contributed by atoms with Crippen molar-refractivity contribution in [3.05, 3.63) is 88.0 Å². The van der Waals surface area contributed by atoms with Gasteiger partial charge in [0, 0.05) is 12.1 Å². The standard InChI is InChI=1S/C23H22N2O6/c1-29-21-14-16(19(25(27)28)15-22(21)30-2)12-13-24-23(26)18-10-6-7-11-20(18)31-17-8-4-3-5-9-17/h3-11,14-15H,12-13H2,1-2H3,(H,24,26). The fourth-order valence-electron chi connectivity index (χ4n) is 3.05. The third-order valence-corrected chi connectivity index (χ3v) is 4.56. The zero-order valence-corrected chi connectivity index (χ0v) is 17.2. The van der Waals surface area contributed by atoms with E-state index >= 15 is 0 Å². The Balaban J connectivity index is 1.72. The van der Waals surface area contributed by atoms with Gasteiger partial charge in [0.25, 0.3) is 11.6 Å². The molecule has 0 aromatic heterocycles. The molecule has 3 rings (SSSR count). The van der Waals surface area contributed by atoms with E-state index in [1.807, 2.05) is 18.2 Å². The first kappa shape index (κ1) is 21.6. The van der Waals surface area contributed by atoms with Gasteiger partial charge in [-0.3, -0.25) is 14.9 Å². The van der Waals surface area contributed by atoms with Gasteiger partial charge in [-0.15, -0.1) is 0 Å². The van der Waals surface area contributed by atoms with E-state index in [2.05, 4.69) is 5.32 Å². The lowest BCUT2D eigenvalue weighted by molar-refractivity contribution is -0.385. The minimum absolute atomic E-state index is 0.0975. The summed E-state index contributed by atoms with van der Waals surface area (Å²) in [6, 6.07) is 18.9. The highest BCUT2D eigenvalue weighted by molar-refractivity contribution is 5.97. The first-order valence-corrected chi connectivity index (χ1v) is 9.53. The van der Waals surface area contributed by atoms with Crippen LogP contribution < -0.4 is 19.5 Å². The van der Waals surface area contributed by atoms with Crippen molar-refractivity contribution in [3.8, 4) is 23.0 Å².